The third kappa shape index (κ3) is 9.03. The van der Waals surface area contributed by atoms with Gasteiger partial charge in [-0.15, -0.1) is 0 Å². The van der Waals surface area contributed by atoms with Crippen molar-refractivity contribution < 1.29 is 33.2 Å². The van der Waals surface area contributed by atoms with Gasteiger partial charge < -0.3 is 30.1 Å². The summed E-state index contributed by atoms with van der Waals surface area (Å²) in [4.78, 5) is 0.235. The molecule has 0 aromatic heterocycles. The van der Waals surface area contributed by atoms with Crippen LogP contribution in [0.4, 0.5) is 0 Å². The van der Waals surface area contributed by atoms with Gasteiger partial charge in [0.15, 0.2) is 0 Å². The van der Waals surface area contributed by atoms with Crippen molar-refractivity contribution >= 4 is 10.0 Å². The highest BCUT2D eigenvalue weighted by atomic mass is 32.2. The molecule has 0 amide bonds. The van der Waals surface area contributed by atoms with Gasteiger partial charge in [0.1, 0.15) is 24.8 Å². The third-order valence-electron chi connectivity index (χ3n) is 6.15. The molecule has 0 fully saturated rings. The zero-order valence-electron chi connectivity index (χ0n) is 22.4. The van der Waals surface area contributed by atoms with E-state index in [-0.39, 0.29) is 43.2 Å². The van der Waals surface area contributed by atoms with Crippen molar-refractivity contribution in [2.45, 2.75) is 43.9 Å². The molecule has 0 saturated heterocycles. The quantitative estimate of drug-likeness (QED) is 0.156. The second kappa shape index (κ2) is 15.0. The van der Waals surface area contributed by atoms with E-state index in [1.54, 1.807) is 42.5 Å². The third-order valence-corrected chi connectivity index (χ3v) is 8.16. The van der Waals surface area contributed by atoms with Crippen molar-refractivity contribution in [2.75, 3.05) is 33.0 Å². The molecule has 0 unspecified atom stereocenters. The van der Waals surface area contributed by atoms with Crippen LogP contribution in [-0.4, -0.2) is 67.1 Å². The second-order valence-electron chi connectivity index (χ2n) is 9.34. The minimum atomic E-state index is -3.65. The SMILES string of the molecule is CC(C)N(COCCOc1ccc(CCNC[C@H](O)c2ccc(O)c(CO)c2)cc1)S(=O)(=O)c1ccccc1. The number of nitrogens with one attached hydrogen (secondary N) is 1. The van der Waals surface area contributed by atoms with Gasteiger partial charge in [0.25, 0.3) is 0 Å². The Balaban J connectivity index is 1.36. The first-order valence-corrected chi connectivity index (χ1v) is 14.3. The molecule has 3 rings (SSSR count). The number of rotatable bonds is 16. The molecule has 4 N–H and O–H groups in total. The van der Waals surface area contributed by atoms with E-state index in [9.17, 15) is 23.7 Å². The zero-order valence-corrected chi connectivity index (χ0v) is 23.2. The van der Waals surface area contributed by atoms with Gasteiger partial charge in [-0.05, 0) is 74.3 Å². The van der Waals surface area contributed by atoms with Crippen molar-refractivity contribution in [1.82, 2.24) is 9.62 Å². The van der Waals surface area contributed by atoms with Gasteiger partial charge in [0.05, 0.1) is 24.2 Å². The number of hydrogen-bond acceptors (Lipinski definition) is 8. The molecule has 212 valence electrons. The largest absolute Gasteiger partial charge is 0.508 e. The van der Waals surface area contributed by atoms with E-state index < -0.39 is 16.1 Å². The Kier molecular flexibility index (Phi) is 11.7. The average molecular weight is 559 g/mol. The Hall–Kier alpha value is -2.99. The summed E-state index contributed by atoms with van der Waals surface area (Å²) in [6, 6.07) is 20.4. The first kappa shape index (κ1) is 30.6. The number of aromatic hydroxyl groups is 1. The molecule has 9 nitrogen and oxygen atoms in total. The van der Waals surface area contributed by atoms with Crippen LogP contribution < -0.4 is 10.1 Å². The molecular weight excluding hydrogens is 520 g/mol. The highest BCUT2D eigenvalue weighted by molar-refractivity contribution is 7.89. The monoisotopic (exact) mass is 558 g/mol. The number of aliphatic hydroxyl groups is 2. The number of nitrogens with zero attached hydrogens (tertiary/aromatic N) is 1. The standard InChI is InChI=1S/C29H38N2O7S/c1-22(2)31(39(35,36)27-6-4-3-5-7-27)21-37-16-17-38-26-11-8-23(9-12-26)14-15-30-19-29(34)24-10-13-28(33)25(18-24)20-32/h3-13,18,22,29-30,32-34H,14-17,19-21H2,1-2H3/t29-/m0/s1. The highest BCUT2D eigenvalue weighted by Crippen LogP contribution is 2.22. The maximum Gasteiger partial charge on any atom is 0.245 e. The van der Waals surface area contributed by atoms with Crippen LogP contribution in [0.3, 0.4) is 0 Å². The summed E-state index contributed by atoms with van der Waals surface area (Å²) < 4.78 is 38.5. The summed E-state index contributed by atoms with van der Waals surface area (Å²) in [6.45, 7) is 4.79. The summed E-state index contributed by atoms with van der Waals surface area (Å²) in [7, 11) is -3.65. The van der Waals surface area contributed by atoms with Gasteiger partial charge in [-0.1, -0.05) is 36.4 Å². The van der Waals surface area contributed by atoms with Crippen molar-refractivity contribution in [3.8, 4) is 11.5 Å². The number of ether oxygens (including phenoxy) is 2. The second-order valence-corrected chi connectivity index (χ2v) is 11.2. The summed E-state index contributed by atoms with van der Waals surface area (Å²) >= 11 is 0. The molecule has 0 bridgehead atoms. The van der Waals surface area contributed by atoms with Crippen LogP contribution in [-0.2, 0) is 27.8 Å². The van der Waals surface area contributed by atoms with E-state index in [2.05, 4.69) is 5.32 Å². The lowest BCUT2D eigenvalue weighted by Crippen LogP contribution is -2.39. The minimum absolute atomic E-state index is 0.00780. The van der Waals surface area contributed by atoms with E-state index in [4.69, 9.17) is 9.47 Å². The molecule has 39 heavy (non-hydrogen) atoms. The first-order chi connectivity index (χ1) is 18.7. The zero-order chi connectivity index (χ0) is 28.3. The molecule has 0 heterocycles. The number of phenols is 1. The Morgan fingerprint density at radius 1 is 0.974 bits per heavy atom. The fourth-order valence-electron chi connectivity index (χ4n) is 3.88. The summed E-state index contributed by atoms with van der Waals surface area (Å²) in [6.07, 6.45) is 0.00840. The molecule has 0 aliphatic rings. The van der Waals surface area contributed by atoms with Gasteiger partial charge in [0.2, 0.25) is 10.0 Å². The smallest absolute Gasteiger partial charge is 0.245 e. The van der Waals surface area contributed by atoms with Crippen LogP contribution in [0.2, 0.25) is 0 Å². The Morgan fingerprint density at radius 2 is 1.69 bits per heavy atom. The highest BCUT2D eigenvalue weighted by Gasteiger charge is 2.26. The summed E-state index contributed by atoms with van der Waals surface area (Å²) in [5.41, 5.74) is 2.12. The first-order valence-electron chi connectivity index (χ1n) is 12.9. The van der Waals surface area contributed by atoms with Crippen LogP contribution in [0.5, 0.6) is 11.5 Å². The molecular formula is C29H38N2O7S. The number of aliphatic hydroxyl groups excluding tert-OH is 2. The van der Waals surface area contributed by atoms with Crippen LogP contribution >= 0.6 is 0 Å². The van der Waals surface area contributed by atoms with E-state index in [1.165, 1.54) is 10.4 Å². The van der Waals surface area contributed by atoms with Gasteiger partial charge in [-0.2, -0.15) is 4.31 Å². The van der Waals surface area contributed by atoms with Crippen molar-refractivity contribution in [1.29, 1.82) is 0 Å². The normalized spacial score (nSPS) is 12.7. The maximum atomic E-state index is 12.9. The van der Waals surface area contributed by atoms with Crippen molar-refractivity contribution in [3.63, 3.8) is 0 Å². The fourth-order valence-corrected chi connectivity index (χ4v) is 5.42. The predicted octanol–water partition coefficient (Wildman–Crippen LogP) is 3.20. The van der Waals surface area contributed by atoms with Crippen LogP contribution in [0.1, 0.15) is 36.6 Å². The van der Waals surface area contributed by atoms with Crippen molar-refractivity contribution in [3.05, 3.63) is 89.5 Å². The maximum absolute atomic E-state index is 12.9. The molecule has 10 heteroatoms. The van der Waals surface area contributed by atoms with Crippen molar-refractivity contribution in [2.24, 2.45) is 0 Å². The van der Waals surface area contributed by atoms with Gasteiger partial charge in [-0.25, -0.2) is 8.42 Å². The van der Waals surface area contributed by atoms with E-state index in [0.717, 1.165) is 12.0 Å². The Labute approximate surface area is 230 Å². The minimum Gasteiger partial charge on any atom is -0.508 e. The molecule has 0 radical (unpaired) electrons. The topological polar surface area (TPSA) is 129 Å². The van der Waals surface area contributed by atoms with Crippen LogP contribution in [0.15, 0.2) is 77.7 Å². The van der Waals surface area contributed by atoms with Crippen LogP contribution in [0, 0.1) is 0 Å². The van der Waals surface area contributed by atoms with E-state index >= 15 is 0 Å². The van der Waals surface area contributed by atoms with Gasteiger partial charge >= 0.3 is 0 Å². The Bertz CT molecular complexity index is 1250. The molecule has 0 aliphatic heterocycles. The number of hydrogen-bond donors (Lipinski definition) is 4. The van der Waals surface area contributed by atoms with E-state index in [0.29, 0.717) is 30.0 Å². The molecule has 0 saturated carbocycles. The number of benzene rings is 3. The fraction of sp³-hybridized carbons (Fsp3) is 0.379. The molecule has 0 spiro atoms. The summed E-state index contributed by atoms with van der Waals surface area (Å²) in [5.74, 6) is 0.698. The molecule has 0 aliphatic carbocycles. The predicted molar refractivity (Wildman–Crippen MR) is 149 cm³/mol. The molecule has 3 aromatic carbocycles. The summed E-state index contributed by atoms with van der Waals surface area (Å²) in [5, 5.41) is 32.5. The lowest BCUT2D eigenvalue weighted by atomic mass is 10.1. The van der Waals surface area contributed by atoms with Crippen LogP contribution in [0.25, 0.3) is 0 Å². The molecule has 1 atom stereocenters. The number of sulfonamides is 1. The lowest BCUT2D eigenvalue weighted by Gasteiger charge is -2.25. The Morgan fingerprint density at radius 3 is 2.36 bits per heavy atom. The van der Waals surface area contributed by atoms with E-state index in [1.807, 2.05) is 38.1 Å². The van der Waals surface area contributed by atoms with Gasteiger partial charge in [-0.3, -0.25) is 0 Å². The lowest BCUT2D eigenvalue weighted by molar-refractivity contribution is 0.0415. The van der Waals surface area contributed by atoms with Gasteiger partial charge in [0, 0.05) is 18.2 Å². The average Bonchev–Trinajstić information content (AvgIpc) is 2.94. The molecule has 3 aromatic rings.